The smallest absolute Gasteiger partial charge is 0.302 e. The predicted molar refractivity (Wildman–Crippen MR) is 143 cm³/mol. The number of pyridine rings is 1. The summed E-state index contributed by atoms with van der Waals surface area (Å²) in [4.78, 5) is 46.0. The molecule has 0 saturated heterocycles. The molecule has 40 heavy (non-hydrogen) atoms. The predicted octanol–water partition coefficient (Wildman–Crippen LogP) is 3.84. The zero-order chi connectivity index (χ0) is 28.1. The van der Waals surface area contributed by atoms with E-state index in [0.29, 0.717) is 17.1 Å². The van der Waals surface area contributed by atoms with Crippen molar-refractivity contribution < 1.29 is 28.3 Å². The van der Waals surface area contributed by atoms with Gasteiger partial charge in [-0.05, 0) is 42.0 Å². The third-order valence-corrected chi connectivity index (χ3v) is 6.51. The van der Waals surface area contributed by atoms with Crippen LogP contribution in [-0.2, 0) is 20.9 Å². The Kier molecular flexibility index (Phi) is 8.02. The summed E-state index contributed by atoms with van der Waals surface area (Å²) in [6.45, 7) is 1.44. The van der Waals surface area contributed by atoms with Crippen molar-refractivity contribution in [2.24, 2.45) is 0 Å². The van der Waals surface area contributed by atoms with Gasteiger partial charge in [0.1, 0.15) is 25.5 Å². The van der Waals surface area contributed by atoms with Crippen LogP contribution in [0.5, 0.6) is 5.75 Å². The lowest BCUT2D eigenvalue weighted by molar-refractivity contribution is -0.141. The van der Waals surface area contributed by atoms with Gasteiger partial charge in [0.25, 0.3) is 5.91 Å². The Hall–Kier alpha value is -4.77. The molecule has 4 aromatic rings. The van der Waals surface area contributed by atoms with Gasteiger partial charge < -0.3 is 18.8 Å². The quantitative estimate of drug-likeness (QED) is 0.233. The summed E-state index contributed by atoms with van der Waals surface area (Å²) in [5.41, 5.74) is 2.06. The van der Waals surface area contributed by atoms with E-state index in [-0.39, 0.29) is 48.7 Å². The van der Waals surface area contributed by atoms with Crippen molar-refractivity contribution >= 4 is 35.1 Å². The van der Waals surface area contributed by atoms with E-state index < -0.39 is 17.9 Å². The number of hydrogen-bond donors (Lipinski definition) is 0. The third kappa shape index (κ3) is 5.79. The number of hydrogen-bond acceptors (Lipinski definition) is 9. The molecule has 1 unspecified atom stereocenters. The minimum atomic E-state index is -0.758. The molecule has 11 nitrogen and oxygen atoms in total. The van der Waals surface area contributed by atoms with E-state index in [2.05, 4.69) is 15.2 Å². The molecular weight excluding hydrogens is 538 g/mol. The Morgan fingerprint density at radius 1 is 1.07 bits per heavy atom. The molecule has 12 heteroatoms. The number of esters is 1. The Morgan fingerprint density at radius 2 is 1.90 bits per heavy atom. The topological polar surface area (TPSA) is 128 Å². The number of halogens is 1. The second-order valence-electron chi connectivity index (χ2n) is 8.81. The van der Waals surface area contributed by atoms with Crippen molar-refractivity contribution in [2.45, 2.75) is 19.5 Å². The number of fused-ring (bicyclic) bond motifs is 1. The van der Waals surface area contributed by atoms with Gasteiger partial charge in [0.15, 0.2) is 6.04 Å². The molecule has 3 heterocycles. The monoisotopic (exact) mass is 561 g/mol. The zero-order valence-corrected chi connectivity index (χ0v) is 22.2. The number of ether oxygens (including phenoxy) is 2. The number of benzene rings is 2. The Balaban J connectivity index is 1.44. The highest BCUT2D eigenvalue weighted by molar-refractivity contribution is 6.34. The number of nitrogens with zero attached hydrogens (tertiary/aromatic N) is 5. The highest BCUT2D eigenvalue weighted by Gasteiger charge is 2.37. The van der Waals surface area contributed by atoms with E-state index in [1.807, 2.05) is 18.2 Å². The van der Waals surface area contributed by atoms with Gasteiger partial charge in [0.2, 0.25) is 18.2 Å². The van der Waals surface area contributed by atoms with Gasteiger partial charge in [-0.25, -0.2) is 0 Å². The Morgan fingerprint density at radius 3 is 2.62 bits per heavy atom. The van der Waals surface area contributed by atoms with Gasteiger partial charge in [-0.15, -0.1) is 10.2 Å². The minimum absolute atomic E-state index is 0.0832. The van der Waals surface area contributed by atoms with Gasteiger partial charge in [0, 0.05) is 25.4 Å². The van der Waals surface area contributed by atoms with Crippen LogP contribution in [0.25, 0.3) is 0 Å². The molecule has 1 aliphatic rings. The van der Waals surface area contributed by atoms with Crippen molar-refractivity contribution in [1.29, 1.82) is 0 Å². The molecule has 2 aromatic heterocycles. The van der Waals surface area contributed by atoms with E-state index in [9.17, 15) is 14.4 Å². The van der Waals surface area contributed by atoms with E-state index in [4.69, 9.17) is 25.5 Å². The van der Waals surface area contributed by atoms with Gasteiger partial charge in [-0.3, -0.25) is 24.3 Å². The van der Waals surface area contributed by atoms with E-state index in [1.54, 1.807) is 41.4 Å². The summed E-state index contributed by atoms with van der Waals surface area (Å²) < 4.78 is 15.9. The largest absolute Gasteiger partial charge is 0.490 e. The molecule has 0 bridgehead atoms. The first kappa shape index (κ1) is 26.8. The molecule has 0 N–H and O–H groups in total. The molecule has 0 radical (unpaired) electrons. The summed E-state index contributed by atoms with van der Waals surface area (Å²) in [7, 11) is 0. The molecule has 0 fully saturated rings. The summed E-state index contributed by atoms with van der Waals surface area (Å²) in [5, 5.41) is 8.01. The number of carbonyl (C=O) groups excluding carboxylic acids is 3. The van der Waals surface area contributed by atoms with Gasteiger partial charge >= 0.3 is 5.97 Å². The number of amides is 2. The lowest BCUT2D eigenvalue weighted by atomic mass is 10.1. The fraction of sp³-hybridized carbons (Fsp3) is 0.214. The van der Waals surface area contributed by atoms with Crippen LogP contribution < -0.4 is 9.64 Å². The third-order valence-electron chi connectivity index (χ3n) is 6.20. The van der Waals surface area contributed by atoms with E-state index in [0.717, 1.165) is 5.56 Å². The first-order chi connectivity index (χ1) is 19.4. The van der Waals surface area contributed by atoms with E-state index >= 15 is 0 Å². The average Bonchev–Trinajstić information content (AvgIpc) is 3.44. The van der Waals surface area contributed by atoms with Crippen LogP contribution in [0.4, 0.5) is 5.69 Å². The average molecular weight is 562 g/mol. The van der Waals surface area contributed by atoms with Crippen LogP contribution in [0.15, 0.2) is 77.7 Å². The summed E-state index contributed by atoms with van der Waals surface area (Å²) in [6.07, 6.45) is 2.82. The highest BCUT2D eigenvalue weighted by atomic mass is 35.5. The SMILES string of the molecule is CC(=O)OCCOc1ccc(C(=O)N2CC(=O)N(C(c3ccccn3)c3nnco3)Cc3ccccc32)c(Cl)c1. The molecule has 0 saturated carbocycles. The Bertz CT molecular complexity index is 1510. The lowest BCUT2D eigenvalue weighted by Crippen LogP contribution is -2.42. The highest BCUT2D eigenvalue weighted by Crippen LogP contribution is 2.34. The van der Waals surface area contributed by atoms with Crippen molar-refractivity contribution in [3.63, 3.8) is 0 Å². The number of anilines is 1. The van der Waals surface area contributed by atoms with Crippen LogP contribution in [0.1, 0.15) is 40.5 Å². The maximum Gasteiger partial charge on any atom is 0.302 e. The Labute approximate surface area is 234 Å². The molecule has 2 aromatic carbocycles. The normalized spacial score (nSPS) is 13.8. The molecule has 0 spiro atoms. The maximum absolute atomic E-state index is 13.8. The van der Waals surface area contributed by atoms with Gasteiger partial charge in [0.05, 0.1) is 16.3 Å². The van der Waals surface area contributed by atoms with Gasteiger partial charge in [-0.1, -0.05) is 35.9 Å². The fourth-order valence-corrected chi connectivity index (χ4v) is 4.67. The van der Waals surface area contributed by atoms with Crippen LogP contribution in [0, 0.1) is 0 Å². The first-order valence-electron chi connectivity index (χ1n) is 12.3. The lowest BCUT2D eigenvalue weighted by Gasteiger charge is -2.28. The summed E-state index contributed by atoms with van der Waals surface area (Å²) in [6, 6.07) is 16.5. The summed E-state index contributed by atoms with van der Waals surface area (Å²) in [5.74, 6) is -0.593. The minimum Gasteiger partial charge on any atom is -0.490 e. The van der Waals surface area contributed by atoms with Gasteiger partial charge in [-0.2, -0.15) is 0 Å². The second kappa shape index (κ2) is 12.0. The first-order valence-corrected chi connectivity index (χ1v) is 12.7. The van der Waals surface area contributed by atoms with Crippen molar-refractivity contribution in [1.82, 2.24) is 20.1 Å². The van der Waals surface area contributed by atoms with Crippen LogP contribution in [0.3, 0.4) is 0 Å². The molecule has 2 amide bonds. The number of para-hydroxylation sites is 1. The standard InChI is InChI=1S/C28H24ClN5O6/c1-18(35)38-12-13-39-20-9-10-21(22(29)14-20)28(37)33-16-25(36)34(15-19-6-2-3-8-24(19)33)26(27-32-31-17-40-27)23-7-4-5-11-30-23/h2-11,14,17,26H,12-13,15-16H2,1H3. The molecular formula is C28H24ClN5O6. The van der Waals surface area contributed by atoms with Crippen LogP contribution in [0.2, 0.25) is 5.02 Å². The second-order valence-corrected chi connectivity index (χ2v) is 9.21. The molecule has 204 valence electrons. The summed E-state index contributed by atoms with van der Waals surface area (Å²) >= 11 is 6.49. The number of rotatable bonds is 8. The maximum atomic E-state index is 13.8. The van der Waals surface area contributed by atoms with Crippen molar-refractivity contribution in [3.8, 4) is 5.75 Å². The van der Waals surface area contributed by atoms with Crippen LogP contribution >= 0.6 is 11.6 Å². The molecule has 5 rings (SSSR count). The molecule has 1 aliphatic heterocycles. The van der Waals surface area contributed by atoms with E-state index in [1.165, 1.54) is 30.4 Å². The number of carbonyl (C=O) groups is 3. The fourth-order valence-electron chi connectivity index (χ4n) is 4.41. The van der Waals surface area contributed by atoms with Crippen molar-refractivity contribution in [3.05, 3.63) is 101 Å². The molecule has 0 aliphatic carbocycles. The number of aromatic nitrogens is 3. The van der Waals surface area contributed by atoms with Crippen LogP contribution in [-0.4, -0.2) is 57.6 Å². The molecule has 1 atom stereocenters. The zero-order valence-electron chi connectivity index (χ0n) is 21.4. The van der Waals surface area contributed by atoms with Crippen molar-refractivity contribution in [2.75, 3.05) is 24.7 Å².